The van der Waals surface area contributed by atoms with E-state index in [1.807, 2.05) is 11.5 Å². The lowest BCUT2D eigenvalue weighted by atomic mass is 10.3. The van der Waals surface area contributed by atoms with Crippen LogP contribution in [-0.4, -0.2) is 9.55 Å². The van der Waals surface area contributed by atoms with Gasteiger partial charge in [0.05, 0.1) is 11.8 Å². The van der Waals surface area contributed by atoms with E-state index in [0.717, 1.165) is 35.4 Å². The summed E-state index contributed by atoms with van der Waals surface area (Å²) in [5.41, 5.74) is 1.04. The van der Waals surface area contributed by atoms with Gasteiger partial charge >= 0.3 is 0 Å². The van der Waals surface area contributed by atoms with Crippen LogP contribution in [0.2, 0.25) is 0 Å². The predicted molar refractivity (Wildman–Crippen MR) is 63.6 cm³/mol. The first-order chi connectivity index (χ1) is 7.15. The Balaban J connectivity index is 3.20. The zero-order chi connectivity index (χ0) is 11.4. The van der Waals surface area contributed by atoms with E-state index < -0.39 is 0 Å². The normalized spacial score (nSPS) is 12.5. The molecule has 15 heavy (non-hydrogen) atoms. The van der Waals surface area contributed by atoms with Gasteiger partial charge in [-0.15, -0.1) is 0 Å². The highest BCUT2D eigenvalue weighted by atomic mass is 79.9. The van der Waals surface area contributed by atoms with Crippen molar-refractivity contribution in [3.05, 3.63) is 16.1 Å². The van der Waals surface area contributed by atoms with Crippen molar-refractivity contribution in [2.24, 2.45) is 0 Å². The summed E-state index contributed by atoms with van der Waals surface area (Å²) in [4.78, 5) is 4.55. The van der Waals surface area contributed by atoms with Crippen LogP contribution in [0, 0.1) is 11.3 Å². The van der Waals surface area contributed by atoms with Crippen LogP contribution in [0.25, 0.3) is 0 Å². The average Bonchev–Trinajstić information content (AvgIpc) is 2.55. The molecule has 3 nitrogen and oxygen atoms in total. The molecule has 1 aromatic heterocycles. The summed E-state index contributed by atoms with van der Waals surface area (Å²) in [6.07, 6.45) is 2.86. The minimum Gasteiger partial charge on any atom is -0.306 e. The Hall–Kier alpha value is -0.820. The predicted octanol–water partition coefficient (Wildman–Crippen LogP) is 3.25. The standard InChI is InChI=1S/C11H16BrN3/c1-4-6-10-14-9(5-2)11(12)15(10)8(3)7-13/h8H,4-6H2,1-3H3. The van der Waals surface area contributed by atoms with E-state index in [2.05, 4.69) is 40.8 Å². The second-order valence-electron chi connectivity index (χ2n) is 3.54. The number of imidazole rings is 1. The highest BCUT2D eigenvalue weighted by Gasteiger charge is 2.17. The summed E-state index contributed by atoms with van der Waals surface area (Å²) >= 11 is 3.52. The topological polar surface area (TPSA) is 41.6 Å². The molecule has 4 heteroatoms. The summed E-state index contributed by atoms with van der Waals surface area (Å²) in [6.45, 7) is 6.09. The lowest BCUT2D eigenvalue weighted by Crippen LogP contribution is -2.07. The molecule has 0 saturated heterocycles. The minimum atomic E-state index is -0.159. The van der Waals surface area contributed by atoms with Crippen molar-refractivity contribution in [1.29, 1.82) is 5.26 Å². The quantitative estimate of drug-likeness (QED) is 0.842. The van der Waals surface area contributed by atoms with Gasteiger partial charge < -0.3 is 4.57 Å². The largest absolute Gasteiger partial charge is 0.306 e. The third-order valence-electron chi connectivity index (χ3n) is 2.37. The van der Waals surface area contributed by atoms with Crippen LogP contribution in [0.3, 0.4) is 0 Å². The molecule has 1 atom stereocenters. The first-order valence-electron chi connectivity index (χ1n) is 5.30. The SMILES string of the molecule is CCCc1nc(CC)c(Br)n1C(C)C#N. The van der Waals surface area contributed by atoms with E-state index in [-0.39, 0.29) is 6.04 Å². The highest BCUT2D eigenvalue weighted by molar-refractivity contribution is 9.10. The zero-order valence-electron chi connectivity index (χ0n) is 9.42. The lowest BCUT2D eigenvalue weighted by Gasteiger charge is -2.10. The van der Waals surface area contributed by atoms with Gasteiger partial charge in [0.2, 0.25) is 0 Å². The Morgan fingerprint density at radius 3 is 2.67 bits per heavy atom. The molecule has 0 aliphatic rings. The highest BCUT2D eigenvalue weighted by Crippen LogP contribution is 2.24. The summed E-state index contributed by atoms with van der Waals surface area (Å²) in [6, 6.07) is 2.09. The molecule has 0 bridgehead atoms. The van der Waals surface area contributed by atoms with E-state index in [1.165, 1.54) is 0 Å². The molecule has 0 N–H and O–H groups in total. The monoisotopic (exact) mass is 269 g/mol. The number of nitriles is 1. The fraction of sp³-hybridized carbons (Fsp3) is 0.636. The van der Waals surface area contributed by atoms with E-state index in [9.17, 15) is 0 Å². The number of aromatic nitrogens is 2. The molecule has 0 radical (unpaired) electrons. The molecule has 82 valence electrons. The molecule has 0 saturated carbocycles. The van der Waals surface area contributed by atoms with Gasteiger partial charge in [-0.3, -0.25) is 0 Å². The van der Waals surface area contributed by atoms with Crippen LogP contribution in [0.15, 0.2) is 4.60 Å². The van der Waals surface area contributed by atoms with Crippen LogP contribution in [-0.2, 0) is 12.8 Å². The van der Waals surface area contributed by atoms with Crippen LogP contribution < -0.4 is 0 Å². The molecule has 0 spiro atoms. The molecule has 1 unspecified atom stereocenters. The number of aryl methyl sites for hydroxylation is 2. The van der Waals surface area contributed by atoms with Crippen molar-refractivity contribution in [2.75, 3.05) is 0 Å². The smallest absolute Gasteiger partial charge is 0.120 e. The van der Waals surface area contributed by atoms with Gasteiger partial charge in [-0.2, -0.15) is 5.26 Å². The fourth-order valence-corrected chi connectivity index (χ4v) is 2.47. The summed E-state index contributed by atoms with van der Waals surface area (Å²) < 4.78 is 2.95. The molecule has 0 amide bonds. The molecule has 0 aromatic carbocycles. The van der Waals surface area contributed by atoms with Crippen LogP contribution in [0.4, 0.5) is 0 Å². The van der Waals surface area contributed by atoms with Crippen molar-refractivity contribution in [3.63, 3.8) is 0 Å². The van der Waals surface area contributed by atoms with Gasteiger partial charge in [0.25, 0.3) is 0 Å². The molecule has 1 aromatic rings. The summed E-state index contributed by atoms with van der Waals surface area (Å²) in [7, 11) is 0. The zero-order valence-corrected chi connectivity index (χ0v) is 11.0. The molecule has 0 aliphatic carbocycles. The van der Waals surface area contributed by atoms with Crippen molar-refractivity contribution < 1.29 is 0 Å². The van der Waals surface area contributed by atoms with Gasteiger partial charge in [0.1, 0.15) is 16.5 Å². The minimum absolute atomic E-state index is 0.159. The Bertz CT molecular complexity index is 376. The molecular formula is C11H16BrN3. The Morgan fingerprint density at radius 2 is 2.20 bits per heavy atom. The van der Waals surface area contributed by atoms with E-state index in [4.69, 9.17) is 5.26 Å². The number of nitrogens with zero attached hydrogens (tertiary/aromatic N) is 3. The molecular weight excluding hydrogens is 254 g/mol. The van der Waals surface area contributed by atoms with Gasteiger partial charge in [0, 0.05) is 6.42 Å². The maximum absolute atomic E-state index is 8.97. The summed E-state index contributed by atoms with van der Waals surface area (Å²) in [5, 5.41) is 8.97. The average molecular weight is 270 g/mol. The van der Waals surface area contributed by atoms with Gasteiger partial charge in [-0.1, -0.05) is 13.8 Å². The third-order valence-corrected chi connectivity index (χ3v) is 3.21. The molecule has 1 rings (SSSR count). The second-order valence-corrected chi connectivity index (χ2v) is 4.30. The third kappa shape index (κ3) is 2.40. The number of halogens is 1. The van der Waals surface area contributed by atoms with Crippen LogP contribution in [0.5, 0.6) is 0 Å². The van der Waals surface area contributed by atoms with Gasteiger partial charge in [-0.25, -0.2) is 4.98 Å². The van der Waals surface area contributed by atoms with Crippen molar-refractivity contribution in [1.82, 2.24) is 9.55 Å². The van der Waals surface area contributed by atoms with Crippen molar-refractivity contribution >= 4 is 15.9 Å². The maximum Gasteiger partial charge on any atom is 0.120 e. The van der Waals surface area contributed by atoms with Crippen LogP contribution >= 0.6 is 15.9 Å². The Kier molecular flexibility index (Phi) is 4.34. The summed E-state index contributed by atoms with van der Waals surface area (Å²) in [5.74, 6) is 1.01. The molecule has 1 heterocycles. The number of hydrogen-bond acceptors (Lipinski definition) is 2. The lowest BCUT2D eigenvalue weighted by molar-refractivity contribution is 0.611. The van der Waals surface area contributed by atoms with E-state index in [1.54, 1.807) is 0 Å². The van der Waals surface area contributed by atoms with Gasteiger partial charge in [0.15, 0.2) is 0 Å². The number of hydrogen-bond donors (Lipinski definition) is 0. The molecule has 0 aliphatic heterocycles. The van der Waals surface area contributed by atoms with Crippen molar-refractivity contribution in [2.45, 2.75) is 46.1 Å². The Morgan fingerprint density at radius 1 is 1.53 bits per heavy atom. The van der Waals surface area contributed by atoms with E-state index in [0.29, 0.717) is 0 Å². The van der Waals surface area contributed by atoms with Crippen LogP contribution in [0.1, 0.15) is 44.8 Å². The first-order valence-corrected chi connectivity index (χ1v) is 6.10. The second kappa shape index (κ2) is 5.32. The maximum atomic E-state index is 8.97. The molecule has 0 fully saturated rings. The Labute approximate surface area is 99.2 Å². The van der Waals surface area contributed by atoms with Crippen molar-refractivity contribution in [3.8, 4) is 6.07 Å². The first kappa shape index (κ1) is 12.3. The van der Waals surface area contributed by atoms with E-state index >= 15 is 0 Å². The van der Waals surface area contributed by atoms with Gasteiger partial charge in [-0.05, 0) is 35.7 Å². The number of rotatable bonds is 4. The fourth-order valence-electron chi connectivity index (χ4n) is 1.58.